The maximum Gasteiger partial charge on any atom is 0.586 e. The number of rotatable bonds is 5. The van der Waals surface area contributed by atoms with E-state index in [2.05, 4.69) is 15.0 Å². The van der Waals surface area contributed by atoms with E-state index in [0.29, 0.717) is 18.4 Å². The number of aliphatic hydroxyl groups is 1. The Bertz CT molecular complexity index is 522. The third-order valence-electron chi connectivity index (χ3n) is 4.05. The first-order valence-corrected chi connectivity index (χ1v) is 7.55. The number of halogens is 2. The van der Waals surface area contributed by atoms with E-state index in [1.165, 1.54) is 6.07 Å². The van der Waals surface area contributed by atoms with Gasteiger partial charge in [0.15, 0.2) is 11.5 Å². The van der Waals surface area contributed by atoms with Gasteiger partial charge in [0.25, 0.3) is 0 Å². The summed E-state index contributed by atoms with van der Waals surface area (Å²) in [5, 5.41) is 12.4. The van der Waals surface area contributed by atoms with Gasteiger partial charge in [-0.3, -0.25) is 4.90 Å². The Labute approximate surface area is 127 Å². The van der Waals surface area contributed by atoms with Crippen LogP contribution in [-0.4, -0.2) is 49.1 Å². The van der Waals surface area contributed by atoms with Crippen LogP contribution in [0.1, 0.15) is 24.4 Å². The van der Waals surface area contributed by atoms with Gasteiger partial charge in [-0.15, -0.1) is 8.78 Å². The van der Waals surface area contributed by atoms with Gasteiger partial charge in [-0.1, -0.05) is 12.1 Å². The molecule has 122 valence electrons. The van der Waals surface area contributed by atoms with E-state index in [9.17, 15) is 8.78 Å². The fourth-order valence-corrected chi connectivity index (χ4v) is 3.07. The molecule has 0 saturated carbocycles. The van der Waals surface area contributed by atoms with Crippen molar-refractivity contribution in [3.8, 4) is 11.5 Å². The number of hydrogen-bond acceptors (Lipinski definition) is 5. The zero-order valence-electron chi connectivity index (χ0n) is 12.2. The van der Waals surface area contributed by atoms with Gasteiger partial charge in [0.1, 0.15) is 0 Å². The number of aliphatic hydroxyl groups excluding tert-OH is 1. The van der Waals surface area contributed by atoms with Crippen LogP contribution in [0.15, 0.2) is 18.2 Å². The molecule has 3 rings (SSSR count). The van der Waals surface area contributed by atoms with Gasteiger partial charge in [0, 0.05) is 44.4 Å². The second kappa shape index (κ2) is 6.36. The maximum atomic E-state index is 13.4. The second-order valence-electron chi connectivity index (χ2n) is 5.51. The normalized spacial score (nSPS) is 21.8. The minimum Gasteiger partial charge on any atom is -0.396 e. The highest BCUT2D eigenvalue weighted by Crippen LogP contribution is 2.46. The Morgan fingerprint density at radius 2 is 2.05 bits per heavy atom. The van der Waals surface area contributed by atoms with E-state index in [0.717, 1.165) is 26.2 Å². The molecule has 0 amide bonds. The highest BCUT2D eigenvalue weighted by molar-refractivity contribution is 5.50. The summed E-state index contributed by atoms with van der Waals surface area (Å²) in [4.78, 5) is 2.24. The highest BCUT2D eigenvalue weighted by Gasteiger charge is 2.45. The summed E-state index contributed by atoms with van der Waals surface area (Å²) in [6, 6.07) is 4.92. The van der Waals surface area contributed by atoms with E-state index < -0.39 is 6.29 Å². The third kappa shape index (κ3) is 3.16. The first kappa shape index (κ1) is 15.5. The second-order valence-corrected chi connectivity index (χ2v) is 5.51. The molecule has 2 aliphatic heterocycles. The molecule has 1 aromatic carbocycles. The summed E-state index contributed by atoms with van der Waals surface area (Å²) in [5.74, 6) is 0.195. The zero-order valence-corrected chi connectivity index (χ0v) is 12.2. The van der Waals surface area contributed by atoms with Crippen molar-refractivity contribution in [1.29, 1.82) is 0 Å². The van der Waals surface area contributed by atoms with E-state index in [-0.39, 0.29) is 24.1 Å². The van der Waals surface area contributed by atoms with Gasteiger partial charge in [-0.25, -0.2) is 0 Å². The molecule has 0 radical (unpaired) electrons. The third-order valence-corrected chi connectivity index (χ3v) is 4.05. The predicted octanol–water partition coefficient (Wildman–Crippen LogP) is 1.73. The van der Waals surface area contributed by atoms with E-state index in [1.807, 2.05) is 0 Å². The fourth-order valence-electron chi connectivity index (χ4n) is 3.07. The van der Waals surface area contributed by atoms with Gasteiger partial charge >= 0.3 is 6.29 Å². The SMILES string of the molecule is OCCC[C@H](c1cccc2c1OC(F)(F)O2)N1CCNCC1. The number of benzene rings is 1. The Morgan fingerprint density at radius 3 is 2.77 bits per heavy atom. The van der Waals surface area contributed by atoms with Crippen LogP contribution in [0.2, 0.25) is 0 Å². The lowest BCUT2D eigenvalue weighted by atomic mass is 9.98. The summed E-state index contributed by atoms with van der Waals surface area (Å²) in [7, 11) is 0. The summed E-state index contributed by atoms with van der Waals surface area (Å²) in [6.07, 6.45) is -2.32. The van der Waals surface area contributed by atoms with E-state index >= 15 is 0 Å². The molecule has 22 heavy (non-hydrogen) atoms. The Balaban J connectivity index is 1.90. The van der Waals surface area contributed by atoms with Crippen LogP contribution >= 0.6 is 0 Å². The van der Waals surface area contributed by atoms with Crippen molar-refractivity contribution in [2.75, 3.05) is 32.8 Å². The first-order chi connectivity index (χ1) is 10.6. The van der Waals surface area contributed by atoms with Crippen LogP contribution < -0.4 is 14.8 Å². The van der Waals surface area contributed by atoms with Crippen LogP contribution in [0.5, 0.6) is 11.5 Å². The lowest BCUT2D eigenvalue weighted by Crippen LogP contribution is -2.45. The number of alkyl halides is 2. The quantitative estimate of drug-likeness (QED) is 0.867. The largest absolute Gasteiger partial charge is 0.586 e. The predicted molar refractivity (Wildman–Crippen MR) is 76.1 cm³/mol. The van der Waals surface area contributed by atoms with Gasteiger partial charge < -0.3 is 19.9 Å². The Kier molecular flexibility index (Phi) is 4.46. The molecule has 0 aromatic heterocycles. The van der Waals surface area contributed by atoms with Crippen molar-refractivity contribution in [2.45, 2.75) is 25.2 Å². The fraction of sp³-hybridized carbons (Fsp3) is 0.600. The lowest BCUT2D eigenvalue weighted by Gasteiger charge is -2.35. The molecule has 0 aliphatic carbocycles. The molecule has 2 heterocycles. The van der Waals surface area contributed by atoms with Crippen LogP contribution in [-0.2, 0) is 0 Å². The molecule has 1 aromatic rings. The molecule has 5 nitrogen and oxygen atoms in total. The van der Waals surface area contributed by atoms with Crippen molar-refractivity contribution >= 4 is 0 Å². The van der Waals surface area contributed by atoms with Gasteiger partial charge in [0.2, 0.25) is 0 Å². The van der Waals surface area contributed by atoms with Crippen molar-refractivity contribution in [2.24, 2.45) is 0 Å². The molecule has 2 N–H and O–H groups in total. The van der Waals surface area contributed by atoms with Gasteiger partial charge in [-0.05, 0) is 18.9 Å². The molecule has 1 saturated heterocycles. The first-order valence-electron chi connectivity index (χ1n) is 7.55. The highest BCUT2D eigenvalue weighted by atomic mass is 19.3. The molecular formula is C15H20F2N2O3. The minimum absolute atomic E-state index is 0.0679. The maximum absolute atomic E-state index is 13.4. The smallest absolute Gasteiger partial charge is 0.396 e. The van der Waals surface area contributed by atoms with Crippen LogP contribution in [0, 0.1) is 0 Å². The Morgan fingerprint density at radius 1 is 1.27 bits per heavy atom. The molecule has 0 bridgehead atoms. The van der Waals surface area contributed by atoms with Crippen molar-refractivity contribution in [3.63, 3.8) is 0 Å². The number of nitrogens with zero attached hydrogens (tertiary/aromatic N) is 1. The summed E-state index contributed by atoms with van der Waals surface area (Å²) >= 11 is 0. The number of para-hydroxylation sites is 1. The zero-order chi connectivity index (χ0) is 15.6. The molecule has 1 atom stereocenters. The topological polar surface area (TPSA) is 54.0 Å². The van der Waals surface area contributed by atoms with E-state index in [4.69, 9.17) is 9.84 Å². The van der Waals surface area contributed by atoms with Crippen LogP contribution in [0.25, 0.3) is 0 Å². The van der Waals surface area contributed by atoms with Crippen molar-refractivity contribution in [1.82, 2.24) is 10.2 Å². The van der Waals surface area contributed by atoms with Crippen LogP contribution in [0.4, 0.5) is 8.78 Å². The van der Waals surface area contributed by atoms with Crippen molar-refractivity contribution < 1.29 is 23.4 Å². The average Bonchev–Trinajstić information content (AvgIpc) is 2.83. The molecule has 2 aliphatic rings. The van der Waals surface area contributed by atoms with Gasteiger partial charge in [0.05, 0.1) is 0 Å². The molecular weight excluding hydrogens is 294 g/mol. The summed E-state index contributed by atoms with van der Waals surface area (Å²) in [6.45, 7) is 3.45. The minimum atomic E-state index is -3.61. The number of piperazine rings is 1. The van der Waals surface area contributed by atoms with Gasteiger partial charge in [-0.2, -0.15) is 0 Å². The lowest BCUT2D eigenvalue weighted by molar-refractivity contribution is -0.287. The summed E-state index contributed by atoms with van der Waals surface area (Å²) < 4.78 is 36.0. The Hall–Kier alpha value is -1.44. The van der Waals surface area contributed by atoms with Crippen molar-refractivity contribution in [3.05, 3.63) is 23.8 Å². The number of nitrogens with one attached hydrogen (secondary N) is 1. The molecule has 1 fully saturated rings. The standard InChI is InChI=1S/C15H20F2N2O3/c16-15(17)21-13-5-1-3-11(14(13)22-15)12(4-2-10-20)19-8-6-18-7-9-19/h1,3,5,12,18,20H,2,4,6-10H2/t12-/m1/s1. The number of hydrogen-bond donors (Lipinski definition) is 2. The molecule has 7 heteroatoms. The molecule has 0 unspecified atom stereocenters. The number of ether oxygens (including phenoxy) is 2. The number of fused-ring (bicyclic) bond motifs is 1. The van der Waals surface area contributed by atoms with E-state index in [1.54, 1.807) is 12.1 Å². The average molecular weight is 314 g/mol. The molecule has 0 spiro atoms. The summed E-state index contributed by atoms with van der Waals surface area (Å²) in [5.41, 5.74) is 0.699. The monoisotopic (exact) mass is 314 g/mol. The van der Waals surface area contributed by atoms with Crippen LogP contribution in [0.3, 0.4) is 0 Å².